The number of anilines is 2. The van der Waals surface area contributed by atoms with E-state index in [0.717, 1.165) is 5.75 Å². The van der Waals surface area contributed by atoms with Crippen molar-refractivity contribution in [3.8, 4) is 11.5 Å². The summed E-state index contributed by atoms with van der Waals surface area (Å²) >= 11 is 0. The number of methoxy groups -OCH3 is 1. The van der Waals surface area contributed by atoms with Gasteiger partial charge in [-0.2, -0.15) is 0 Å². The van der Waals surface area contributed by atoms with Crippen LogP contribution >= 0.6 is 0 Å². The van der Waals surface area contributed by atoms with Gasteiger partial charge in [0.2, 0.25) is 8.32 Å². The Morgan fingerprint density at radius 3 is 2.12 bits per heavy atom. The summed E-state index contributed by atoms with van der Waals surface area (Å²) in [7, 11) is -0.348. The number of ether oxygens (including phenoxy) is 1. The Balaban J connectivity index is 2.13. The highest BCUT2D eigenvalue weighted by molar-refractivity contribution is 6.74. The fraction of sp³-hybridized carbons (Fsp3) is 0.350. The van der Waals surface area contributed by atoms with Crippen molar-refractivity contribution in [1.29, 1.82) is 0 Å². The molecule has 6 heteroatoms. The molecule has 0 aliphatic rings. The fourth-order valence-corrected chi connectivity index (χ4v) is 3.13. The van der Waals surface area contributed by atoms with E-state index >= 15 is 0 Å². The Morgan fingerprint density at radius 1 is 1.04 bits per heavy atom. The van der Waals surface area contributed by atoms with Gasteiger partial charge >= 0.3 is 0 Å². The van der Waals surface area contributed by atoms with Crippen LogP contribution in [0.5, 0.6) is 11.5 Å². The van der Waals surface area contributed by atoms with Crippen molar-refractivity contribution in [3.63, 3.8) is 0 Å². The minimum absolute atomic E-state index is 0.100. The molecule has 140 valence electrons. The Hall–Kier alpha value is -2.47. The monoisotopic (exact) mass is 372 g/mol. The molecule has 0 heterocycles. The van der Waals surface area contributed by atoms with Crippen LogP contribution in [0.2, 0.25) is 18.1 Å². The normalized spacial score (nSPS) is 11.8. The van der Waals surface area contributed by atoms with Gasteiger partial charge in [-0.15, -0.1) is 0 Å². The summed E-state index contributed by atoms with van der Waals surface area (Å²) < 4.78 is 11.4. The molecule has 0 aliphatic carbocycles. The average molecular weight is 373 g/mol. The summed E-state index contributed by atoms with van der Waals surface area (Å²) in [5.74, 6) is 1.21. The van der Waals surface area contributed by atoms with Crippen LogP contribution in [0, 0.1) is 0 Å². The lowest BCUT2D eigenvalue weighted by Gasteiger charge is -2.36. The molecule has 0 spiro atoms. The first kappa shape index (κ1) is 19.8. The van der Waals surface area contributed by atoms with E-state index in [1.165, 1.54) is 0 Å². The highest BCUT2D eigenvalue weighted by atomic mass is 28.4. The maximum atomic E-state index is 12.4. The van der Waals surface area contributed by atoms with Crippen molar-refractivity contribution in [2.75, 3.05) is 18.2 Å². The zero-order valence-electron chi connectivity index (χ0n) is 16.3. The first-order valence-corrected chi connectivity index (χ1v) is 11.5. The molecule has 0 atom stereocenters. The van der Waals surface area contributed by atoms with Crippen LogP contribution in [0.25, 0.3) is 0 Å². The number of amides is 1. The van der Waals surface area contributed by atoms with Gasteiger partial charge in [-0.05, 0) is 54.5 Å². The van der Waals surface area contributed by atoms with Crippen LogP contribution in [-0.2, 0) is 0 Å². The van der Waals surface area contributed by atoms with Gasteiger partial charge in [0.15, 0.2) is 0 Å². The van der Waals surface area contributed by atoms with Crippen LogP contribution < -0.4 is 20.2 Å². The van der Waals surface area contributed by atoms with Crippen LogP contribution in [0.15, 0.2) is 42.5 Å². The number of nitrogens with two attached hydrogens (primary N) is 1. The second kappa shape index (κ2) is 7.41. The van der Waals surface area contributed by atoms with Gasteiger partial charge < -0.3 is 20.2 Å². The number of benzene rings is 2. The molecule has 5 nitrogen and oxygen atoms in total. The second-order valence-corrected chi connectivity index (χ2v) is 12.5. The smallest absolute Gasteiger partial charge is 0.255 e. The van der Waals surface area contributed by atoms with E-state index in [4.69, 9.17) is 14.9 Å². The molecule has 0 unspecified atom stereocenters. The third kappa shape index (κ3) is 4.57. The second-order valence-electron chi connectivity index (χ2n) is 7.79. The number of nitrogen functional groups attached to an aromatic ring is 1. The average Bonchev–Trinajstić information content (AvgIpc) is 2.56. The molecule has 2 aromatic carbocycles. The van der Waals surface area contributed by atoms with Crippen molar-refractivity contribution in [2.45, 2.75) is 38.9 Å². The number of nitrogens with one attached hydrogen (secondary N) is 1. The lowest BCUT2D eigenvalue weighted by molar-refractivity contribution is 0.102. The molecule has 26 heavy (non-hydrogen) atoms. The third-order valence-corrected chi connectivity index (χ3v) is 9.16. The number of carbonyl (C=O) groups excluding carboxylic acids is 1. The Morgan fingerprint density at radius 2 is 1.62 bits per heavy atom. The van der Waals surface area contributed by atoms with Crippen LogP contribution in [-0.4, -0.2) is 21.3 Å². The van der Waals surface area contributed by atoms with Crippen LogP contribution in [0.4, 0.5) is 11.4 Å². The zero-order chi connectivity index (χ0) is 19.5. The SMILES string of the molecule is COc1ccc(C(=O)Nc2ccc(O[Si](C)(C)C(C)(C)C)cc2N)cc1. The van der Waals surface area contributed by atoms with Crippen LogP contribution in [0.3, 0.4) is 0 Å². The predicted octanol–water partition coefficient (Wildman–Crippen LogP) is 4.91. The molecule has 0 saturated heterocycles. The molecule has 0 saturated carbocycles. The van der Waals surface area contributed by atoms with Gasteiger partial charge in [0.05, 0.1) is 18.5 Å². The minimum Gasteiger partial charge on any atom is -0.543 e. The van der Waals surface area contributed by atoms with Gasteiger partial charge in [0.1, 0.15) is 11.5 Å². The van der Waals surface area contributed by atoms with E-state index < -0.39 is 8.32 Å². The Kier molecular flexibility index (Phi) is 5.66. The van der Waals surface area contributed by atoms with Gasteiger partial charge in [0.25, 0.3) is 5.91 Å². The van der Waals surface area contributed by atoms with Crippen molar-refractivity contribution in [3.05, 3.63) is 48.0 Å². The summed E-state index contributed by atoms with van der Waals surface area (Å²) in [5.41, 5.74) is 7.69. The minimum atomic E-state index is -1.93. The first-order valence-electron chi connectivity index (χ1n) is 8.57. The predicted molar refractivity (Wildman–Crippen MR) is 110 cm³/mol. The van der Waals surface area contributed by atoms with E-state index in [-0.39, 0.29) is 10.9 Å². The van der Waals surface area contributed by atoms with E-state index in [9.17, 15) is 4.79 Å². The van der Waals surface area contributed by atoms with Crippen LogP contribution in [0.1, 0.15) is 31.1 Å². The van der Waals surface area contributed by atoms with Gasteiger partial charge in [-0.1, -0.05) is 20.8 Å². The van der Waals surface area contributed by atoms with E-state index in [0.29, 0.717) is 22.7 Å². The Bertz CT molecular complexity index is 781. The molecule has 0 fully saturated rings. The number of carbonyl (C=O) groups is 1. The lowest BCUT2D eigenvalue weighted by Crippen LogP contribution is -2.43. The van der Waals surface area contributed by atoms with Gasteiger partial charge in [-0.3, -0.25) is 4.79 Å². The quantitative estimate of drug-likeness (QED) is 0.577. The van der Waals surface area contributed by atoms with Crippen molar-refractivity contribution in [2.24, 2.45) is 0 Å². The summed E-state index contributed by atoms with van der Waals surface area (Å²) in [6.45, 7) is 10.9. The van der Waals surface area contributed by atoms with E-state index in [2.05, 4.69) is 39.2 Å². The summed E-state index contributed by atoms with van der Waals surface area (Å²) in [5, 5.41) is 2.94. The summed E-state index contributed by atoms with van der Waals surface area (Å²) in [6.07, 6.45) is 0. The van der Waals surface area contributed by atoms with Crippen molar-refractivity contribution < 1.29 is 14.0 Å². The Labute approximate surface area is 156 Å². The van der Waals surface area contributed by atoms with Gasteiger partial charge in [0, 0.05) is 11.6 Å². The van der Waals surface area contributed by atoms with Gasteiger partial charge in [-0.25, -0.2) is 0 Å². The molecular weight excluding hydrogens is 344 g/mol. The number of rotatable bonds is 5. The molecular formula is C20H28N2O3Si. The molecule has 1 amide bonds. The molecule has 0 bridgehead atoms. The molecule has 2 aromatic rings. The molecule has 2 rings (SSSR count). The number of hydrogen-bond acceptors (Lipinski definition) is 4. The largest absolute Gasteiger partial charge is 0.543 e. The third-order valence-electron chi connectivity index (χ3n) is 4.80. The summed E-state index contributed by atoms with van der Waals surface area (Å²) in [4.78, 5) is 12.4. The zero-order valence-corrected chi connectivity index (χ0v) is 17.3. The fourth-order valence-electron chi connectivity index (χ4n) is 2.10. The first-order chi connectivity index (χ1) is 12.0. The molecule has 3 N–H and O–H groups in total. The highest BCUT2D eigenvalue weighted by Crippen LogP contribution is 2.38. The summed E-state index contributed by atoms with van der Waals surface area (Å²) in [6, 6.07) is 12.3. The number of hydrogen-bond donors (Lipinski definition) is 2. The topological polar surface area (TPSA) is 73.6 Å². The highest BCUT2D eigenvalue weighted by Gasteiger charge is 2.39. The maximum absolute atomic E-state index is 12.4. The standard InChI is InChI=1S/C20H28N2O3Si/c1-20(2,3)26(5,6)25-16-11-12-18(17(21)13-16)22-19(23)14-7-9-15(24-4)10-8-14/h7-13H,21H2,1-6H3,(H,22,23). The van der Waals surface area contributed by atoms with Crippen molar-refractivity contribution in [1.82, 2.24) is 0 Å². The lowest BCUT2D eigenvalue weighted by atomic mass is 10.2. The van der Waals surface area contributed by atoms with E-state index in [1.54, 1.807) is 43.5 Å². The maximum Gasteiger partial charge on any atom is 0.255 e. The molecule has 0 radical (unpaired) electrons. The molecule has 0 aliphatic heterocycles. The molecule has 0 aromatic heterocycles. The van der Waals surface area contributed by atoms with Crippen molar-refractivity contribution >= 4 is 25.6 Å². The van der Waals surface area contributed by atoms with E-state index in [1.807, 2.05) is 6.07 Å².